The van der Waals surface area contributed by atoms with E-state index in [9.17, 15) is 12.8 Å². The van der Waals surface area contributed by atoms with Gasteiger partial charge in [0.2, 0.25) is 0 Å². The molecule has 0 fully saturated rings. The molecule has 9 nitrogen and oxygen atoms in total. The zero-order chi connectivity index (χ0) is 20.6. The van der Waals surface area contributed by atoms with E-state index in [-0.39, 0.29) is 17.1 Å². The topological polar surface area (TPSA) is 150 Å². The smallest absolute Gasteiger partial charge is 0.263 e. The van der Waals surface area contributed by atoms with E-state index in [0.29, 0.717) is 22.4 Å². The summed E-state index contributed by atoms with van der Waals surface area (Å²) in [6.45, 7) is 0. The summed E-state index contributed by atoms with van der Waals surface area (Å²) >= 11 is 0. The summed E-state index contributed by atoms with van der Waals surface area (Å²) in [6.07, 6.45) is 1.53. The minimum atomic E-state index is -4.15. The molecule has 0 saturated carbocycles. The number of hydrogen-bond donors (Lipinski definition) is 3. The minimum absolute atomic E-state index is 0.155. The molecule has 0 unspecified atom stereocenters. The molecule has 4 rings (SSSR count). The van der Waals surface area contributed by atoms with E-state index in [2.05, 4.69) is 24.9 Å². The number of nitrogens with one attached hydrogen (secondary N) is 2. The van der Waals surface area contributed by atoms with Crippen LogP contribution in [0.2, 0.25) is 0 Å². The second kappa shape index (κ2) is 6.84. The van der Waals surface area contributed by atoms with E-state index in [0.717, 1.165) is 18.2 Å². The summed E-state index contributed by atoms with van der Waals surface area (Å²) in [5.74, 6) is -0.508. The Kier molecular flexibility index (Phi) is 4.33. The average molecular weight is 409 g/mol. The van der Waals surface area contributed by atoms with Gasteiger partial charge in [-0.1, -0.05) is 12.1 Å². The van der Waals surface area contributed by atoms with Crippen LogP contribution in [0.15, 0.2) is 53.6 Å². The van der Waals surface area contributed by atoms with Crippen molar-refractivity contribution in [2.45, 2.75) is 4.90 Å². The van der Waals surface area contributed by atoms with Gasteiger partial charge in [0.15, 0.2) is 17.0 Å². The fourth-order valence-electron chi connectivity index (χ4n) is 2.69. The Morgan fingerprint density at radius 1 is 1.17 bits per heavy atom. The van der Waals surface area contributed by atoms with Crippen LogP contribution in [0.4, 0.5) is 15.9 Å². The summed E-state index contributed by atoms with van der Waals surface area (Å²) in [7, 11) is -4.15. The molecule has 0 radical (unpaired) electrons. The summed E-state index contributed by atoms with van der Waals surface area (Å²) in [6, 6.07) is 11.0. The molecule has 0 aliphatic heterocycles. The summed E-state index contributed by atoms with van der Waals surface area (Å²) < 4.78 is 40.9. The highest BCUT2D eigenvalue weighted by Gasteiger charge is 2.20. The van der Waals surface area contributed by atoms with Crippen molar-refractivity contribution in [1.29, 1.82) is 5.26 Å². The van der Waals surface area contributed by atoms with Gasteiger partial charge in [-0.2, -0.15) is 10.4 Å². The average Bonchev–Trinajstić information content (AvgIpc) is 3.08. The number of nitrogens with zero attached hydrogens (tertiary/aromatic N) is 4. The van der Waals surface area contributed by atoms with Crippen molar-refractivity contribution in [2.75, 3.05) is 10.5 Å². The first-order valence-electron chi connectivity index (χ1n) is 8.17. The van der Waals surface area contributed by atoms with E-state index in [1.54, 1.807) is 18.2 Å². The molecule has 144 valence electrons. The number of H-pyrrole nitrogens is 1. The lowest BCUT2D eigenvalue weighted by molar-refractivity contribution is 0.595. The van der Waals surface area contributed by atoms with E-state index in [1.165, 1.54) is 18.3 Å². The van der Waals surface area contributed by atoms with Crippen molar-refractivity contribution in [1.82, 2.24) is 20.2 Å². The lowest BCUT2D eigenvalue weighted by Crippen LogP contribution is -2.14. The maximum absolute atomic E-state index is 13.5. The summed E-state index contributed by atoms with van der Waals surface area (Å²) in [4.78, 5) is 8.15. The molecule has 4 N–H and O–H groups in total. The number of nitrogens with two attached hydrogens (primary N) is 1. The van der Waals surface area contributed by atoms with Crippen molar-refractivity contribution in [2.24, 2.45) is 0 Å². The standard InChI is InChI=1S/C18H12FN7O2S/c19-12-4-1-11(8-20)15(7-12)29(27,28)26-13-5-2-10(3-6-13)14-9-22-16-17(21)24-25-18(16)23-14/h1-7,9,26H,(H3,21,23,24,25). The highest BCUT2D eigenvalue weighted by molar-refractivity contribution is 7.92. The number of nitriles is 1. The molecule has 4 aromatic rings. The number of aromatic nitrogens is 4. The fraction of sp³-hybridized carbons (Fsp3) is 0. The van der Waals surface area contributed by atoms with Gasteiger partial charge in [0, 0.05) is 11.3 Å². The Labute approximate surface area is 164 Å². The Balaban J connectivity index is 1.62. The Morgan fingerprint density at radius 3 is 2.66 bits per heavy atom. The van der Waals surface area contributed by atoms with Crippen molar-refractivity contribution < 1.29 is 12.8 Å². The van der Waals surface area contributed by atoms with E-state index < -0.39 is 20.7 Å². The first-order chi connectivity index (χ1) is 13.9. The van der Waals surface area contributed by atoms with Crippen molar-refractivity contribution >= 4 is 32.7 Å². The number of halogens is 1. The van der Waals surface area contributed by atoms with Crippen LogP contribution >= 0.6 is 0 Å². The third-order valence-corrected chi connectivity index (χ3v) is 5.51. The molecule has 29 heavy (non-hydrogen) atoms. The minimum Gasteiger partial charge on any atom is -0.380 e. The van der Waals surface area contributed by atoms with Gasteiger partial charge in [-0.15, -0.1) is 0 Å². The molecule has 0 saturated heterocycles. The van der Waals surface area contributed by atoms with Gasteiger partial charge in [-0.3, -0.25) is 9.82 Å². The predicted molar refractivity (Wildman–Crippen MR) is 103 cm³/mol. The van der Waals surface area contributed by atoms with Crippen molar-refractivity contribution in [3.63, 3.8) is 0 Å². The van der Waals surface area contributed by atoms with Crippen LogP contribution in [0.1, 0.15) is 5.56 Å². The van der Waals surface area contributed by atoms with Crippen LogP contribution in [-0.4, -0.2) is 28.6 Å². The van der Waals surface area contributed by atoms with Crippen LogP contribution in [-0.2, 0) is 10.0 Å². The summed E-state index contributed by atoms with van der Waals surface area (Å²) in [5.41, 5.74) is 7.86. The lowest BCUT2D eigenvalue weighted by Gasteiger charge is -2.10. The first-order valence-corrected chi connectivity index (χ1v) is 9.65. The largest absolute Gasteiger partial charge is 0.380 e. The molecule has 0 aliphatic rings. The molecule has 0 aliphatic carbocycles. The van der Waals surface area contributed by atoms with Gasteiger partial charge >= 0.3 is 0 Å². The number of benzene rings is 2. The van der Waals surface area contributed by atoms with Crippen LogP contribution in [0, 0.1) is 17.1 Å². The lowest BCUT2D eigenvalue weighted by atomic mass is 10.1. The monoisotopic (exact) mass is 409 g/mol. The molecule has 0 spiro atoms. The van der Waals surface area contributed by atoms with E-state index in [4.69, 9.17) is 11.0 Å². The Bertz CT molecular complexity index is 1380. The second-order valence-electron chi connectivity index (χ2n) is 6.00. The van der Waals surface area contributed by atoms with Gasteiger partial charge in [0.05, 0.1) is 17.5 Å². The molecule has 2 heterocycles. The van der Waals surface area contributed by atoms with Crippen LogP contribution in [0.3, 0.4) is 0 Å². The number of nitrogen functional groups attached to an aromatic ring is 1. The molecule has 2 aromatic heterocycles. The van der Waals surface area contributed by atoms with Crippen LogP contribution in [0.25, 0.3) is 22.4 Å². The fourth-order valence-corrected chi connectivity index (χ4v) is 3.92. The molecular weight excluding hydrogens is 397 g/mol. The first kappa shape index (κ1) is 18.3. The third-order valence-electron chi connectivity index (χ3n) is 4.08. The van der Waals surface area contributed by atoms with E-state index >= 15 is 0 Å². The maximum atomic E-state index is 13.5. The molecule has 11 heteroatoms. The SMILES string of the molecule is N#Cc1ccc(F)cc1S(=O)(=O)Nc1ccc(-c2cnc3c(N)n[nH]c3n2)cc1. The quantitative estimate of drug-likeness (QED) is 0.468. The van der Waals surface area contributed by atoms with Gasteiger partial charge in [-0.25, -0.2) is 22.8 Å². The number of rotatable bonds is 4. The van der Waals surface area contributed by atoms with Gasteiger partial charge in [0.25, 0.3) is 10.0 Å². The zero-order valence-electron chi connectivity index (χ0n) is 14.6. The van der Waals surface area contributed by atoms with Crippen molar-refractivity contribution in [3.05, 3.63) is 60.0 Å². The zero-order valence-corrected chi connectivity index (χ0v) is 15.4. The highest BCUT2D eigenvalue weighted by Crippen LogP contribution is 2.24. The van der Waals surface area contributed by atoms with Crippen LogP contribution in [0.5, 0.6) is 0 Å². The number of fused-ring (bicyclic) bond motifs is 1. The molecule has 0 amide bonds. The van der Waals surface area contributed by atoms with Gasteiger partial charge < -0.3 is 5.73 Å². The Morgan fingerprint density at radius 2 is 1.93 bits per heavy atom. The second-order valence-corrected chi connectivity index (χ2v) is 7.65. The molecule has 0 atom stereocenters. The number of anilines is 2. The Hall–Kier alpha value is -4.04. The normalized spacial score (nSPS) is 11.3. The molecule has 2 aromatic carbocycles. The number of hydrogen-bond acceptors (Lipinski definition) is 7. The highest BCUT2D eigenvalue weighted by atomic mass is 32.2. The molecular formula is C18H12FN7O2S. The van der Waals surface area contributed by atoms with Gasteiger partial charge in [-0.05, 0) is 30.3 Å². The van der Waals surface area contributed by atoms with Gasteiger partial charge in [0.1, 0.15) is 16.8 Å². The third kappa shape index (κ3) is 3.44. The van der Waals surface area contributed by atoms with E-state index in [1.807, 2.05) is 0 Å². The summed E-state index contributed by atoms with van der Waals surface area (Å²) in [5, 5.41) is 15.6. The number of sulfonamides is 1. The number of aromatic amines is 1. The molecule has 0 bridgehead atoms. The van der Waals surface area contributed by atoms with Crippen LogP contribution < -0.4 is 10.5 Å². The maximum Gasteiger partial charge on any atom is 0.263 e. The predicted octanol–water partition coefficient (Wildman–Crippen LogP) is 2.41. The van der Waals surface area contributed by atoms with Crippen molar-refractivity contribution in [3.8, 4) is 17.3 Å².